The Morgan fingerprint density at radius 3 is 1.98 bits per heavy atom. The molecule has 2 rings (SSSR count). The zero-order valence-electron chi connectivity index (χ0n) is 20.1. The van der Waals surface area contributed by atoms with Gasteiger partial charge >= 0.3 is 18.5 Å². The first-order valence-electron chi connectivity index (χ1n) is 10.8. The van der Waals surface area contributed by atoms with E-state index in [0.29, 0.717) is 24.3 Å². The highest BCUT2D eigenvalue weighted by atomic mass is 35.5. The maximum absolute atomic E-state index is 14.9. The number of rotatable bonds is 8. The van der Waals surface area contributed by atoms with Crippen LogP contribution in [0.15, 0.2) is 36.4 Å². The molecular weight excluding hydrogens is 650 g/mol. The fourth-order valence-corrected chi connectivity index (χ4v) is 5.50. The molecule has 41 heavy (non-hydrogen) atoms. The summed E-state index contributed by atoms with van der Waals surface area (Å²) >= 11 is 11.0. The number of hydrogen-bond donors (Lipinski definition) is 1. The zero-order chi connectivity index (χ0) is 31.7. The molecule has 2 aromatic rings. The van der Waals surface area contributed by atoms with Gasteiger partial charge in [0.25, 0.3) is 5.91 Å². The molecule has 1 unspecified atom stereocenters. The second-order valence-corrected chi connectivity index (χ2v) is 11.6. The molecular formula is C23H16Cl2F11NO3S. The lowest BCUT2D eigenvalue weighted by atomic mass is 9.95. The van der Waals surface area contributed by atoms with Crippen LogP contribution in [0.5, 0.6) is 0 Å². The van der Waals surface area contributed by atoms with Crippen LogP contribution in [0.2, 0.25) is 10.0 Å². The van der Waals surface area contributed by atoms with Crippen LogP contribution in [0, 0.1) is 5.82 Å². The minimum absolute atomic E-state index is 0.00383. The number of amides is 1. The third-order valence-electron chi connectivity index (χ3n) is 5.14. The first-order valence-corrected chi connectivity index (χ1v) is 13.4. The Morgan fingerprint density at radius 1 is 0.976 bits per heavy atom. The fraction of sp³-hybridized carbons (Fsp3) is 0.348. The summed E-state index contributed by atoms with van der Waals surface area (Å²) in [6, 6.07) is 0.286. The second-order valence-electron chi connectivity index (χ2n) is 8.63. The number of halogens is 13. The predicted octanol–water partition coefficient (Wildman–Crippen LogP) is 7.90. The molecule has 0 fully saturated rings. The molecule has 0 aliphatic rings. The number of alkyl halides is 9. The standard InChI is InChI=1S/C23H16Cl2F11NO3S/c1-10(8-41(39,40)9-21(28,29)30)37-20(38)13-3-2-11(4-15(13)23(34,35)36)18(26)7-14(22(31,32)33)12-5-16(24)19(27)17(25)6-12/h2-7,10,14H,8-9H2,1H3,(H,37,38)/b18-7-/t10-,14?/m1/s1. The van der Waals surface area contributed by atoms with Gasteiger partial charge in [-0.25, -0.2) is 17.2 Å². The average Bonchev–Trinajstić information content (AvgIpc) is 2.76. The zero-order valence-corrected chi connectivity index (χ0v) is 22.4. The molecule has 2 aromatic carbocycles. The lowest BCUT2D eigenvalue weighted by Gasteiger charge is -2.19. The lowest BCUT2D eigenvalue weighted by molar-refractivity contribution is -0.140. The molecule has 2 atom stereocenters. The van der Waals surface area contributed by atoms with E-state index in [1.807, 2.05) is 0 Å². The van der Waals surface area contributed by atoms with Gasteiger partial charge in [0, 0.05) is 11.6 Å². The monoisotopic (exact) mass is 665 g/mol. The fourth-order valence-electron chi connectivity index (χ4n) is 3.53. The van der Waals surface area contributed by atoms with E-state index in [2.05, 4.69) is 0 Å². The third kappa shape index (κ3) is 9.74. The summed E-state index contributed by atoms with van der Waals surface area (Å²) in [5, 5.41) is 0.106. The Kier molecular flexibility index (Phi) is 10.4. The van der Waals surface area contributed by atoms with Crippen LogP contribution < -0.4 is 5.32 Å². The maximum Gasteiger partial charge on any atom is 0.417 e. The first-order chi connectivity index (χ1) is 18.4. The van der Waals surface area contributed by atoms with E-state index in [1.54, 1.807) is 5.32 Å². The smallest absolute Gasteiger partial charge is 0.349 e. The van der Waals surface area contributed by atoms with Crippen molar-refractivity contribution in [3.05, 3.63) is 74.5 Å². The van der Waals surface area contributed by atoms with Crippen LogP contribution in [0.3, 0.4) is 0 Å². The number of sulfone groups is 1. The summed E-state index contributed by atoms with van der Waals surface area (Å²) in [6.07, 6.45) is -15.9. The first kappa shape index (κ1) is 34.6. The van der Waals surface area contributed by atoms with Crippen LogP contribution >= 0.6 is 23.2 Å². The molecule has 0 aromatic heterocycles. The molecule has 4 nitrogen and oxygen atoms in total. The number of carbonyl (C=O) groups is 1. The summed E-state index contributed by atoms with van der Waals surface area (Å²) in [7, 11) is -4.83. The Bertz CT molecular complexity index is 1410. The predicted molar refractivity (Wildman–Crippen MR) is 127 cm³/mol. The topological polar surface area (TPSA) is 63.2 Å². The van der Waals surface area contributed by atoms with Gasteiger partial charge < -0.3 is 5.32 Å². The van der Waals surface area contributed by atoms with E-state index in [9.17, 15) is 61.5 Å². The molecule has 18 heteroatoms. The number of hydrogen-bond acceptors (Lipinski definition) is 3. The second kappa shape index (κ2) is 12.3. The van der Waals surface area contributed by atoms with E-state index >= 15 is 0 Å². The highest BCUT2D eigenvalue weighted by Crippen LogP contribution is 2.41. The molecule has 0 aliphatic heterocycles. The van der Waals surface area contributed by atoms with Gasteiger partial charge in [-0.1, -0.05) is 29.3 Å². The molecule has 228 valence electrons. The molecule has 0 bridgehead atoms. The van der Waals surface area contributed by atoms with Gasteiger partial charge in [0.1, 0.15) is 17.5 Å². The molecule has 0 aliphatic carbocycles. The number of nitrogens with one attached hydrogen (secondary N) is 1. The van der Waals surface area contributed by atoms with Crippen molar-refractivity contribution >= 4 is 44.8 Å². The van der Waals surface area contributed by atoms with E-state index in [4.69, 9.17) is 23.2 Å². The maximum atomic E-state index is 14.9. The molecule has 0 spiro atoms. The summed E-state index contributed by atoms with van der Waals surface area (Å²) in [6.45, 7) is 0.904. The van der Waals surface area contributed by atoms with Crippen LogP contribution in [-0.2, 0) is 16.0 Å². The van der Waals surface area contributed by atoms with Crippen molar-refractivity contribution in [2.24, 2.45) is 0 Å². The van der Waals surface area contributed by atoms with E-state index in [0.717, 1.165) is 6.92 Å². The number of carbonyl (C=O) groups excluding carboxylic acids is 1. The van der Waals surface area contributed by atoms with Crippen molar-refractivity contribution in [2.75, 3.05) is 11.5 Å². The van der Waals surface area contributed by atoms with E-state index in [-0.39, 0.29) is 12.1 Å². The van der Waals surface area contributed by atoms with Crippen molar-refractivity contribution in [2.45, 2.75) is 37.4 Å². The Hall–Kier alpha value is -2.59. The quantitative estimate of drug-likeness (QED) is 0.230. The highest BCUT2D eigenvalue weighted by molar-refractivity contribution is 7.91. The van der Waals surface area contributed by atoms with Crippen molar-refractivity contribution in [3.63, 3.8) is 0 Å². The van der Waals surface area contributed by atoms with Gasteiger partial charge in [-0.05, 0) is 42.8 Å². The van der Waals surface area contributed by atoms with Crippen LogP contribution in [0.25, 0.3) is 5.83 Å². The minimum atomic E-state index is -5.39. The average molecular weight is 666 g/mol. The summed E-state index contributed by atoms with van der Waals surface area (Å²) in [5.74, 6) is -11.1. The number of benzene rings is 2. The Balaban J connectivity index is 2.46. The van der Waals surface area contributed by atoms with Crippen molar-refractivity contribution in [1.82, 2.24) is 5.32 Å². The summed E-state index contributed by atoms with van der Waals surface area (Å²) in [5.41, 5.74) is -4.98. The summed E-state index contributed by atoms with van der Waals surface area (Å²) in [4.78, 5) is 12.4. The molecule has 0 saturated carbocycles. The molecule has 1 N–H and O–H groups in total. The van der Waals surface area contributed by atoms with E-state index < -0.39 is 102 Å². The number of allylic oxidation sites excluding steroid dienone is 1. The van der Waals surface area contributed by atoms with Crippen LogP contribution in [0.4, 0.5) is 48.3 Å². The van der Waals surface area contributed by atoms with Gasteiger partial charge in [0.2, 0.25) is 0 Å². The van der Waals surface area contributed by atoms with Crippen molar-refractivity contribution < 1.29 is 61.5 Å². The Morgan fingerprint density at radius 2 is 1.51 bits per heavy atom. The van der Waals surface area contributed by atoms with Crippen molar-refractivity contribution in [1.29, 1.82) is 0 Å². The minimum Gasteiger partial charge on any atom is -0.349 e. The normalized spacial score (nSPS) is 15.0. The van der Waals surface area contributed by atoms with Crippen LogP contribution in [-0.4, -0.2) is 44.2 Å². The molecule has 0 heterocycles. The molecule has 1 amide bonds. The third-order valence-corrected chi connectivity index (χ3v) is 7.47. The Labute approximate surface area is 235 Å². The van der Waals surface area contributed by atoms with Gasteiger partial charge in [0.15, 0.2) is 15.7 Å². The lowest BCUT2D eigenvalue weighted by Crippen LogP contribution is -2.40. The van der Waals surface area contributed by atoms with Crippen LogP contribution in [0.1, 0.15) is 39.9 Å². The highest BCUT2D eigenvalue weighted by Gasteiger charge is 2.41. The van der Waals surface area contributed by atoms with Gasteiger partial charge in [-0.3, -0.25) is 4.79 Å². The van der Waals surface area contributed by atoms with Gasteiger partial charge in [0.05, 0.1) is 26.9 Å². The summed E-state index contributed by atoms with van der Waals surface area (Å²) < 4.78 is 171. The SMILES string of the molecule is C[C@H](CS(=O)(=O)CC(F)(F)F)NC(=O)c1ccc(/C(F)=C/C(c2cc(Cl)c(F)c(Cl)c2)C(F)(F)F)cc1C(F)(F)F. The molecule has 0 saturated heterocycles. The molecule has 0 radical (unpaired) electrons. The van der Waals surface area contributed by atoms with Gasteiger partial charge in [-0.15, -0.1) is 0 Å². The van der Waals surface area contributed by atoms with Gasteiger partial charge in [-0.2, -0.15) is 39.5 Å². The largest absolute Gasteiger partial charge is 0.417 e. The van der Waals surface area contributed by atoms with Crippen molar-refractivity contribution in [3.8, 4) is 0 Å². The van der Waals surface area contributed by atoms with E-state index in [1.165, 1.54) is 0 Å².